The van der Waals surface area contributed by atoms with E-state index in [1.165, 1.54) is 186 Å². The molecule has 0 aliphatic carbocycles. The van der Waals surface area contributed by atoms with Gasteiger partial charge in [0.15, 0.2) is 0 Å². The van der Waals surface area contributed by atoms with Crippen molar-refractivity contribution < 1.29 is 37.3 Å². The first-order valence-electron chi connectivity index (χ1n) is 34.3. The number of likely N-dealkylation sites (N-methyl/N-ethyl adjacent to an activating group) is 1. The van der Waals surface area contributed by atoms with Crippen LogP contribution < -0.4 is 5.32 Å². The minimum absolute atomic E-state index is 0.0370. The van der Waals surface area contributed by atoms with Gasteiger partial charge >= 0.3 is 13.8 Å². The molecule has 0 aromatic heterocycles. The van der Waals surface area contributed by atoms with E-state index in [2.05, 4.69) is 86.8 Å². The van der Waals surface area contributed by atoms with Crippen LogP contribution in [0.1, 0.15) is 316 Å². The van der Waals surface area contributed by atoms with Gasteiger partial charge in [0.25, 0.3) is 0 Å². The number of carbonyl (C=O) groups excluding carboxylic acids is 2. The largest absolute Gasteiger partial charge is 0.472 e. The molecule has 3 atom stereocenters. The number of carbonyl (C=O) groups is 2. The van der Waals surface area contributed by atoms with Crippen molar-refractivity contribution in [1.82, 2.24) is 5.32 Å². The third kappa shape index (κ3) is 61.8. The maximum atomic E-state index is 13.6. The number of hydrogen-bond donors (Lipinski definition) is 2. The molecular formula is C71H132N2O7P+. The lowest BCUT2D eigenvalue weighted by atomic mass is 10.0. The first-order valence-corrected chi connectivity index (χ1v) is 35.8. The molecule has 0 heterocycles. The number of quaternary nitrogens is 1. The summed E-state index contributed by atoms with van der Waals surface area (Å²) in [7, 11) is 1.49. The Morgan fingerprint density at radius 2 is 0.753 bits per heavy atom. The Balaban J connectivity index is 5.07. The second-order valence-corrected chi connectivity index (χ2v) is 25.8. The van der Waals surface area contributed by atoms with Gasteiger partial charge in [-0.25, -0.2) is 4.57 Å². The SMILES string of the molecule is CCCCC/C=C\C/C=C\C/C=C\C/C=C\CCCCCCCCCCCCCC(=O)OC(/C=C\CCCCCCCCCCCC)C(COP(=O)(O)OCC[N+](C)(C)C)NC(=O)CCCCCCC/C=C/CCCCCCCCC. The maximum absolute atomic E-state index is 13.6. The Labute approximate surface area is 502 Å². The van der Waals surface area contributed by atoms with Crippen LogP contribution in [0.5, 0.6) is 0 Å². The third-order valence-corrected chi connectivity index (χ3v) is 16.1. The lowest BCUT2D eigenvalue weighted by molar-refractivity contribution is -0.870. The predicted molar refractivity (Wildman–Crippen MR) is 351 cm³/mol. The maximum Gasteiger partial charge on any atom is 0.472 e. The summed E-state index contributed by atoms with van der Waals surface area (Å²) in [5.74, 6) is -0.511. The number of allylic oxidation sites excluding steroid dienone is 11. The molecule has 0 saturated heterocycles. The molecule has 0 fully saturated rings. The summed E-state index contributed by atoms with van der Waals surface area (Å²) in [5.41, 5.74) is 0. The highest BCUT2D eigenvalue weighted by Gasteiger charge is 2.30. The second kappa shape index (κ2) is 60.6. The number of nitrogens with zero attached hydrogens (tertiary/aromatic N) is 1. The van der Waals surface area contributed by atoms with Crippen LogP contribution in [0, 0.1) is 0 Å². The van der Waals surface area contributed by atoms with E-state index in [0.29, 0.717) is 17.4 Å². The van der Waals surface area contributed by atoms with Gasteiger partial charge in [-0.05, 0) is 102 Å². The summed E-state index contributed by atoms with van der Waals surface area (Å²) < 4.78 is 30.8. The number of hydrogen-bond acceptors (Lipinski definition) is 6. The van der Waals surface area contributed by atoms with Crippen molar-refractivity contribution in [2.45, 2.75) is 328 Å². The molecule has 0 rings (SSSR count). The molecule has 3 unspecified atom stereocenters. The quantitative estimate of drug-likeness (QED) is 0.0205. The van der Waals surface area contributed by atoms with E-state index in [-0.39, 0.29) is 31.5 Å². The van der Waals surface area contributed by atoms with Crippen molar-refractivity contribution in [3.63, 3.8) is 0 Å². The molecule has 10 heteroatoms. The number of phosphoric ester groups is 1. The molecule has 81 heavy (non-hydrogen) atoms. The Hall–Kier alpha value is -2.55. The van der Waals surface area contributed by atoms with E-state index >= 15 is 0 Å². The fourth-order valence-electron chi connectivity index (χ4n) is 9.80. The summed E-state index contributed by atoms with van der Waals surface area (Å²) in [6.07, 6.45) is 79.1. The Morgan fingerprint density at radius 1 is 0.432 bits per heavy atom. The summed E-state index contributed by atoms with van der Waals surface area (Å²) in [6, 6.07) is -0.856. The Morgan fingerprint density at radius 3 is 1.16 bits per heavy atom. The summed E-state index contributed by atoms with van der Waals surface area (Å²) in [4.78, 5) is 37.8. The zero-order valence-electron chi connectivity index (χ0n) is 54.0. The molecule has 1 amide bonds. The average molecular weight is 1160 g/mol. The smallest absolute Gasteiger partial charge is 0.456 e. The Kier molecular flexibility index (Phi) is 58.7. The molecule has 2 N–H and O–H groups in total. The minimum Gasteiger partial charge on any atom is -0.456 e. The van der Waals surface area contributed by atoms with Crippen LogP contribution >= 0.6 is 7.82 Å². The van der Waals surface area contributed by atoms with Crippen LogP contribution in [0.4, 0.5) is 0 Å². The highest BCUT2D eigenvalue weighted by Crippen LogP contribution is 2.43. The molecule has 0 aliphatic rings. The molecule has 472 valence electrons. The highest BCUT2D eigenvalue weighted by atomic mass is 31.2. The monoisotopic (exact) mass is 1160 g/mol. The minimum atomic E-state index is -4.46. The van der Waals surface area contributed by atoms with Crippen molar-refractivity contribution in [3.05, 3.63) is 72.9 Å². The lowest BCUT2D eigenvalue weighted by Crippen LogP contribution is -2.47. The van der Waals surface area contributed by atoms with E-state index in [1.807, 2.05) is 33.3 Å². The number of amides is 1. The number of nitrogens with one attached hydrogen (secondary N) is 1. The number of unbranched alkanes of at least 4 members (excludes halogenated alkanes) is 36. The number of phosphoric acid groups is 1. The zero-order valence-corrected chi connectivity index (χ0v) is 54.9. The fourth-order valence-corrected chi connectivity index (χ4v) is 10.5. The summed E-state index contributed by atoms with van der Waals surface area (Å²) >= 11 is 0. The predicted octanol–water partition coefficient (Wildman–Crippen LogP) is 21.6. The molecular weight excluding hydrogens is 1020 g/mol. The van der Waals surface area contributed by atoms with E-state index < -0.39 is 20.0 Å². The Bertz CT molecular complexity index is 1620. The normalized spacial score (nSPS) is 14.0. The van der Waals surface area contributed by atoms with Gasteiger partial charge in [0.1, 0.15) is 19.3 Å². The van der Waals surface area contributed by atoms with E-state index in [1.54, 1.807) is 0 Å². The summed E-state index contributed by atoms with van der Waals surface area (Å²) in [5, 5.41) is 3.06. The standard InChI is InChI=1S/C71H131N2O7P/c1-7-10-13-16-19-22-25-28-30-32-33-34-35-36-37-38-39-40-41-42-44-46-49-52-55-58-61-64-71(75)80-69(62-59-56-53-50-47-27-24-21-18-15-12-9-3)68(67-79-81(76,77)78-66-65-73(4,5)6)72-70(74)63-60-57-54-51-48-45-43-31-29-26-23-20-17-14-11-8-2/h19,22,28,30-31,33-34,36-37,43,59,62,68-69H,7-18,20-21,23-27,29,32,35,38-42,44-58,60-61,63-67H2,1-6H3,(H-,72,74,76,77)/p+1/b22-19-,30-28-,34-33-,37-36-,43-31+,62-59-. The third-order valence-electron chi connectivity index (χ3n) is 15.1. The number of rotatable bonds is 62. The number of ether oxygens (including phenoxy) is 1. The van der Waals surface area contributed by atoms with Gasteiger partial charge in [0, 0.05) is 12.8 Å². The van der Waals surface area contributed by atoms with Crippen LogP contribution in [0.2, 0.25) is 0 Å². The van der Waals surface area contributed by atoms with Crippen molar-refractivity contribution in [1.29, 1.82) is 0 Å². The van der Waals surface area contributed by atoms with Crippen LogP contribution in [0.25, 0.3) is 0 Å². The second-order valence-electron chi connectivity index (χ2n) is 24.3. The van der Waals surface area contributed by atoms with Crippen molar-refractivity contribution in [2.24, 2.45) is 0 Å². The molecule has 0 aliphatic heterocycles. The lowest BCUT2D eigenvalue weighted by Gasteiger charge is -2.27. The highest BCUT2D eigenvalue weighted by molar-refractivity contribution is 7.47. The topological polar surface area (TPSA) is 111 Å². The zero-order chi connectivity index (χ0) is 59.3. The molecule has 0 aromatic carbocycles. The van der Waals surface area contributed by atoms with Gasteiger partial charge < -0.3 is 19.4 Å². The van der Waals surface area contributed by atoms with E-state index in [4.69, 9.17) is 13.8 Å². The molecule has 0 radical (unpaired) electrons. The van der Waals surface area contributed by atoms with Crippen LogP contribution in [-0.4, -0.2) is 74.3 Å². The number of esters is 1. The first kappa shape index (κ1) is 78.5. The van der Waals surface area contributed by atoms with Gasteiger partial charge in [-0.2, -0.15) is 0 Å². The molecule has 9 nitrogen and oxygen atoms in total. The van der Waals surface area contributed by atoms with E-state index in [0.717, 1.165) is 96.3 Å². The fraction of sp³-hybridized carbons (Fsp3) is 0.803. The molecule has 0 bridgehead atoms. The average Bonchev–Trinajstić information content (AvgIpc) is 3.44. The molecule has 0 spiro atoms. The summed E-state index contributed by atoms with van der Waals surface area (Å²) in [6.45, 7) is 7.00. The van der Waals surface area contributed by atoms with Gasteiger partial charge in [-0.1, -0.05) is 274 Å². The van der Waals surface area contributed by atoms with Crippen molar-refractivity contribution in [2.75, 3.05) is 40.9 Å². The van der Waals surface area contributed by atoms with Crippen molar-refractivity contribution in [3.8, 4) is 0 Å². The van der Waals surface area contributed by atoms with E-state index in [9.17, 15) is 19.0 Å². The van der Waals surface area contributed by atoms with Gasteiger partial charge in [-0.3, -0.25) is 18.6 Å². The van der Waals surface area contributed by atoms with Crippen molar-refractivity contribution >= 4 is 19.7 Å². The van der Waals surface area contributed by atoms with Crippen LogP contribution in [0.15, 0.2) is 72.9 Å². The molecule has 0 saturated carbocycles. The van der Waals surface area contributed by atoms with Gasteiger partial charge in [0.05, 0.1) is 33.8 Å². The first-order chi connectivity index (χ1) is 39.4. The van der Waals surface area contributed by atoms with Crippen LogP contribution in [0.3, 0.4) is 0 Å². The van der Waals surface area contributed by atoms with Crippen LogP contribution in [-0.2, 0) is 27.9 Å². The molecule has 0 aromatic rings. The van der Waals surface area contributed by atoms with Gasteiger partial charge in [-0.15, -0.1) is 0 Å². The van der Waals surface area contributed by atoms with Gasteiger partial charge in [0.2, 0.25) is 5.91 Å².